The first-order valence-electron chi connectivity index (χ1n) is 5.46. The zero-order chi connectivity index (χ0) is 12.4. The van der Waals surface area contributed by atoms with Crippen molar-refractivity contribution in [3.05, 3.63) is 35.0 Å². The van der Waals surface area contributed by atoms with Crippen molar-refractivity contribution in [2.75, 3.05) is 11.1 Å². The molecule has 1 aromatic heterocycles. The van der Waals surface area contributed by atoms with Gasteiger partial charge in [-0.2, -0.15) is 5.10 Å². The van der Waals surface area contributed by atoms with E-state index in [1.54, 1.807) is 4.68 Å². The predicted octanol–water partition coefficient (Wildman–Crippen LogP) is 2.96. The quantitative estimate of drug-likeness (QED) is 0.881. The minimum Gasteiger partial charge on any atom is -0.394 e. The summed E-state index contributed by atoms with van der Waals surface area (Å²) in [5, 5.41) is 8.21. The van der Waals surface area contributed by atoms with E-state index in [4.69, 9.17) is 17.3 Å². The van der Waals surface area contributed by atoms with E-state index < -0.39 is 0 Å². The molecular formula is C12H15ClN4. The molecule has 90 valence electrons. The molecule has 5 heteroatoms. The van der Waals surface area contributed by atoms with Gasteiger partial charge in [0.05, 0.1) is 22.1 Å². The van der Waals surface area contributed by atoms with Crippen molar-refractivity contribution >= 4 is 28.8 Å². The molecule has 2 aromatic rings. The third kappa shape index (κ3) is 2.22. The van der Waals surface area contributed by atoms with E-state index in [1.165, 1.54) is 0 Å². The molecule has 0 atom stereocenters. The maximum atomic E-state index is 6.09. The first-order valence-corrected chi connectivity index (χ1v) is 5.84. The molecule has 0 amide bonds. The average molecular weight is 251 g/mol. The summed E-state index contributed by atoms with van der Waals surface area (Å²) in [6.07, 6.45) is 0.809. The summed E-state index contributed by atoms with van der Waals surface area (Å²) in [6.45, 7) is 2.03. The van der Waals surface area contributed by atoms with Crippen molar-refractivity contribution in [3.63, 3.8) is 0 Å². The van der Waals surface area contributed by atoms with Crippen LogP contribution in [-0.4, -0.2) is 9.78 Å². The molecule has 0 bridgehead atoms. The van der Waals surface area contributed by atoms with Crippen LogP contribution in [0.25, 0.3) is 0 Å². The minimum atomic E-state index is 0.658. The smallest absolute Gasteiger partial charge is 0.152 e. The number of nitrogens with two attached hydrogens (primary N) is 1. The molecule has 0 spiro atoms. The van der Waals surface area contributed by atoms with Crippen molar-refractivity contribution in [2.24, 2.45) is 7.05 Å². The van der Waals surface area contributed by atoms with Crippen LogP contribution in [0.15, 0.2) is 24.3 Å². The molecule has 0 aliphatic heterocycles. The molecule has 17 heavy (non-hydrogen) atoms. The van der Waals surface area contributed by atoms with E-state index >= 15 is 0 Å². The normalized spacial score (nSPS) is 10.5. The van der Waals surface area contributed by atoms with Crippen LogP contribution >= 0.6 is 11.6 Å². The SMILES string of the molecule is CCc1nn(C)c(Nc2ccccc2Cl)c1N. The van der Waals surface area contributed by atoms with E-state index in [2.05, 4.69) is 10.4 Å². The Morgan fingerprint density at radius 2 is 2.12 bits per heavy atom. The van der Waals surface area contributed by atoms with Gasteiger partial charge in [0, 0.05) is 7.05 Å². The molecule has 2 rings (SSSR count). The van der Waals surface area contributed by atoms with E-state index in [-0.39, 0.29) is 0 Å². The van der Waals surface area contributed by atoms with Gasteiger partial charge in [-0.05, 0) is 18.6 Å². The number of aryl methyl sites for hydroxylation is 2. The number of benzene rings is 1. The lowest BCUT2D eigenvalue weighted by atomic mass is 10.3. The number of para-hydroxylation sites is 1. The molecule has 1 aromatic carbocycles. The van der Waals surface area contributed by atoms with Crippen LogP contribution in [0.3, 0.4) is 0 Å². The second-order valence-electron chi connectivity index (χ2n) is 3.79. The van der Waals surface area contributed by atoms with Crippen LogP contribution in [0.4, 0.5) is 17.2 Å². The van der Waals surface area contributed by atoms with Gasteiger partial charge < -0.3 is 11.1 Å². The number of rotatable bonds is 3. The highest BCUT2D eigenvalue weighted by molar-refractivity contribution is 6.33. The Hall–Kier alpha value is -1.68. The summed E-state index contributed by atoms with van der Waals surface area (Å²) in [7, 11) is 1.86. The molecule has 0 aliphatic rings. The molecule has 3 N–H and O–H groups in total. The first-order chi connectivity index (χ1) is 8.13. The number of nitrogen functional groups attached to an aromatic ring is 1. The van der Waals surface area contributed by atoms with Gasteiger partial charge in [-0.1, -0.05) is 30.7 Å². The molecular weight excluding hydrogens is 236 g/mol. The summed E-state index contributed by atoms with van der Waals surface area (Å²) in [5.74, 6) is 0.773. The van der Waals surface area contributed by atoms with Gasteiger partial charge in [0.1, 0.15) is 0 Å². The van der Waals surface area contributed by atoms with Gasteiger partial charge in [0.15, 0.2) is 5.82 Å². The Labute approximate surface area is 105 Å². The molecule has 0 fully saturated rings. The lowest BCUT2D eigenvalue weighted by Crippen LogP contribution is -2.01. The molecule has 0 unspecified atom stereocenters. The van der Waals surface area contributed by atoms with Gasteiger partial charge >= 0.3 is 0 Å². The Kier molecular flexibility index (Phi) is 3.24. The number of hydrogen-bond donors (Lipinski definition) is 2. The van der Waals surface area contributed by atoms with Crippen LogP contribution in [0, 0.1) is 0 Å². The summed E-state index contributed by atoms with van der Waals surface area (Å²) in [5.41, 5.74) is 8.42. The third-order valence-corrected chi connectivity index (χ3v) is 2.95. The van der Waals surface area contributed by atoms with Crippen LogP contribution in [0.5, 0.6) is 0 Å². The molecule has 1 heterocycles. The zero-order valence-electron chi connectivity index (χ0n) is 9.87. The Morgan fingerprint density at radius 3 is 2.71 bits per heavy atom. The molecule has 0 aliphatic carbocycles. The van der Waals surface area contributed by atoms with Crippen LogP contribution < -0.4 is 11.1 Å². The fraction of sp³-hybridized carbons (Fsp3) is 0.250. The second-order valence-corrected chi connectivity index (χ2v) is 4.20. The van der Waals surface area contributed by atoms with Crippen molar-refractivity contribution in [3.8, 4) is 0 Å². The highest BCUT2D eigenvalue weighted by atomic mass is 35.5. The van der Waals surface area contributed by atoms with E-state index in [0.29, 0.717) is 10.7 Å². The highest BCUT2D eigenvalue weighted by Gasteiger charge is 2.12. The Balaban J connectivity index is 2.37. The summed E-state index contributed by atoms with van der Waals surface area (Å²) >= 11 is 6.09. The highest BCUT2D eigenvalue weighted by Crippen LogP contribution is 2.29. The molecule has 0 radical (unpaired) electrons. The van der Waals surface area contributed by atoms with E-state index in [0.717, 1.165) is 23.6 Å². The van der Waals surface area contributed by atoms with E-state index in [1.807, 2.05) is 38.2 Å². The van der Waals surface area contributed by atoms with Gasteiger partial charge in [-0.15, -0.1) is 0 Å². The molecule has 0 saturated carbocycles. The van der Waals surface area contributed by atoms with Crippen molar-refractivity contribution in [1.29, 1.82) is 0 Å². The third-order valence-electron chi connectivity index (χ3n) is 2.62. The number of nitrogens with zero attached hydrogens (tertiary/aromatic N) is 2. The Bertz CT molecular complexity index is 533. The van der Waals surface area contributed by atoms with E-state index in [9.17, 15) is 0 Å². The fourth-order valence-electron chi connectivity index (χ4n) is 1.70. The van der Waals surface area contributed by atoms with Crippen LogP contribution in [0.1, 0.15) is 12.6 Å². The van der Waals surface area contributed by atoms with Gasteiger partial charge in [0.2, 0.25) is 0 Å². The second kappa shape index (κ2) is 4.67. The summed E-state index contributed by atoms with van der Waals surface area (Å²) in [6, 6.07) is 7.54. The Morgan fingerprint density at radius 1 is 1.41 bits per heavy atom. The number of anilines is 3. The maximum Gasteiger partial charge on any atom is 0.152 e. The largest absolute Gasteiger partial charge is 0.394 e. The van der Waals surface area contributed by atoms with Crippen LogP contribution in [-0.2, 0) is 13.5 Å². The van der Waals surface area contributed by atoms with Gasteiger partial charge in [-0.3, -0.25) is 4.68 Å². The zero-order valence-corrected chi connectivity index (χ0v) is 10.6. The topological polar surface area (TPSA) is 55.9 Å². The summed E-state index contributed by atoms with van der Waals surface area (Å²) in [4.78, 5) is 0. The molecule has 0 saturated heterocycles. The van der Waals surface area contributed by atoms with Crippen molar-refractivity contribution in [2.45, 2.75) is 13.3 Å². The first kappa shape index (κ1) is 11.8. The average Bonchev–Trinajstić information content (AvgIpc) is 2.59. The van der Waals surface area contributed by atoms with Gasteiger partial charge in [-0.25, -0.2) is 0 Å². The lowest BCUT2D eigenvalue weighted by molar-refractivity contribution is 0.753. The number of aromatic nitrogens is 2. The van der Waals surface area contributed by atoms with Crippen LogP contribution in [0.2, 0.25) is 5.02 Å². The number of nitrogens with one attached hydrogen (secondary N) is 1. The number of halogens is 1. The monoisotopic (exact) mass is 250 g/mol. The van der Waals surface area contributed by atoms with Crippen molar-refractivity contribution in [1.82, 2.24) is 9.78 Å². The number of hydrogen-bond acceptors (Lipinski definition) is 3. The predicted molar refractivity (Wildman–Crippen MR) is 71.7 cm³/mol. The molecule has 4 nitrogen and oxygen atoms in total. The standard InChI is InChI=1S/C12H15ClN4/c1-3-9-11(14)12(17(2)16-9)15-10-7-5-4-6-8(10)13/h4-7,15H,3,14H2,1-2H3. The maximum absolute atomic E-state index is 6.09. The fourth-order valence-corrected chi connectivity index (χ4v) is 1.88. The van der Waals surface area contributed by atoms with Crippen molar-refractivity contribution < 1.29 is 0 Å². The minimum absolute atomic E-state index is 0.658. The lowest BCUT2D eigenvalue weighted by Gasteiger charge is -2.09. The summed E-state index contributed by atoms with van der Waals surface area (Å²) < 4.78 is 1.73. The van der Waals surface area contributed by atoms with Gasteiger partial charge in [0.25, 0.3) is 0 Å².